The standard InChI is InChI=1S/C24H30Cl2N2O2S/c1-4-22(24(30)27-17(2)3)28(16-18-7-9-19(25)10-8-18)23(29)6-5-15-31-21-13-11-20(26)12-14-21/h7-14,17,22H,4-6,15-16H2,1-3H3,(H,27,30)/t22-/m1/s1. The van der Waals surface area contributed by atoms with E-state index in [2.05, 4.69) is 5.32 Å². The quantitative estimate of drug-likeness (QED) is 0.307. The lowest BCUT2D eigenvalue weighted by Crippen LogP contribution is -2.50. The lowest BCUT2D eigenvalue weighted by Gasteiger charge is -2.31. The van der Waals surface area contributed by atoms with Gasteiger partial charge >= 0.3 is 0 Å². The second kappa shape index (κ2) is 13.0. The second-order valence-corrected chi connectivity index (χ2v) is 9.68. The summed E-state index contributed by atoms with van der Waals surface area (Å²) in [7, 11) is 0. The molecule has 0 aliphatic carbocycles. The third kappa shape index (κ3) is 8.76. The average Bonchev–Trinajstić information content (AvgIpc) is 2.73. The molecular formula is C24H30Cl2N2O2S. The molecule has 0 saturated heterocycles. The van der Waals surface area contributed by atoms with Crippen LogP contribution in [-0.4, -0.2) is 34.6 Å². The van der Waals surface area contributed by atoms with Crippen LogP contribution in [0.3, 0.4) is 0 Å². The van der Waals surface area contributed by atoms with Crippen molar-refractivity contribution in [2.75, 3.05) is 5.75 Å². The molecule has 0 bridgehead atoms. The van der Waals surface area contributed by atoms with Crippen molar-refractivity contribution in [3.8, 4) is 0 Å². The number of hydrogen-bond donors (Lipinski definition) is 1. The van der Waals surface area contributed by atoms with Crippen LogP contribution in [0, 0.1) is 0 Å². The number of carbonyl (C=O) groups is 2. The van der Waals surface area contributed by atoms with E-state index < -0.39 is 6.04 Å². The summed E-state index contributed by atoms with van der Waals surface area (Å²) in [5, 5.41) is 4.30. The molecule has 4 nitrogen and oxygen atoms in total. The highest BCUT2D eigenvalue weighted by molar-refractivity contribution is 7.99. The highest BCUT2D eigenvalue weighted by Crippen LogP contribution is 2.22. The predicted octanol–water partition coefficient (Wildman–Crippen LogP) is 6.20. The van der Waals surface area contributed by atoms with Gasteiger partial charge in [-0.1, -0.05) is 42.3 Å². The van der Waals surface area contributed by atoms with E-state index >= 15 is 0 Å². The van der Waals surface area contributed by atoms with Crippen LogP contribution < -0.4 is 5.32 Å². The Bertz CT molecular complexity index is 842. The van der Waals surface area contributed by atoms with E-state index in [1.54, 1.807) is 28.8 Å². The van der Waals surface area contributed by atoms with E-state index in [1.165, 1.54) is 0 Å². The molecule has 2 aromatic rings. The maximum absolute atomic E-state index is 13.2. The van der Waals surface area contributed by atoms with E-state index in [0.717, 1.165) is 22.6 Å². The van der Waals surface area contributed by atoms with Crippen LogP contribution >= 0.6 is 35.0 Å². The molecule has 1 atom stereocenters. The van der Waals surface area contributed by atoms with Crippen LogP contribution in [0.4, 0.5) is 0 Å². The van der Waals surface area contributed by atoms with Gasteiger partial charge in [0.05, 0.1) is 0 Å². The first-order valence-electron chi connectivity index (χ1n) is 10.5. The predicted molar refractivity (Wildman–Crippen MR) is 131 cm³/mol. The Balaban J connectivity index is 2.04. The highest BCUT2D eigenvalue weighted by Gasteiger charge is 2.28. The number of nitrogens with one attached hydrogen (secondary N) is 1. The first-order chi connectivity index (χ1) is 14.8. The minimum absolute atomic E-state index is 0.0163. The summed E-state index contributed by atoms with van der Waals surface area (Å²) < 4.78 is 0. The number of benzene rings is 2. The molecule has 0 aliphatic heterocycles. The number of thioether (sulfide) groups is 1. The zero-order valence-electron chi connectivity index (χ0n) is 18.2. The number of halogens is 2. The van der Waals surface area contributed by atoms with E-state index in [9.17, 15) is 9.59 Å². The molecule has 2 rings (SSSR count). The van der Waals surface area contributed by atoms with Gasteiger partial charge in [-0.05, 0) is 74.4 Å². The minimum Gasteiger partial charge on any atom is -0.352 e. The Morgan fingerprint density at radius 3 is 2.13 bits per heavy atom. The summed E-state index contributed by atoms with van der Waals surface area (Å²) in [6.07, 6.45) is 1.67. The van der Waals surface area contributed by atoms with Crippen molar-refractivity contribution in [3.63, 3.8) is 0 Å². The van der Waals surface area contributed by atoms with Crippen LogP contribution in [0.2, 0.25) is 10.0 Å². The molecule has 168 valence electrons. The molecule has 0 aromatic heterocycles. The molecule has 0 heterocycles. The van der Waals surface area contributed by atoms with Crippen LogP contribution in [0.25, 0.3) is 0 Å². The van der Waals surface area contributed by atoms with Gasteiger partial charge in [-0.15, -0.1) is 11.8 Å². The van der Waals surface area contributed by atoms with Crippen LogP contribution in [0.1, 0.15) is 45.6 Å². The van der Waals surface area contributed by atoms with Gasteiger partial charge in [0.1, 0.15) is 6.04 Å². The molecule has 2 amide bonds. The Morgan fingerprint density at radius 1 is 1.00 bits per heavy atom. The summed E-state index contributed by atoms with van der Waals surface area (Å²) in [6, 6.07) is 14.6. The van der Waals surface area contributed by atoms with Gasteiger partial charge < -0.3 is 10.2 Å². The molecular weight excluding hydrogens is 451 g/mol. The largest absolute Gasteiger partial charge is 0.352 e. The van der Waals surface area contributed by atoms with Gasteiger partial charge in [0.2, 0.25) is 11.8 Å². The molecule has 7 heteroatoms. The van der Waals surface area contributed by atoms with Gasteiger partial charge in [-0.25, -0.2) is 0 Å². The number of carbonyl (C=O) groups excluding carboxylic acids is 2. The number of rotatable bonds is 11. The van der Waals surface area contributed by atoms with E-state index in [4.69, 9.17) is 23.2 Å². The van der Waals surface area contributed by atoms with Crippen molar-refractivity contribution in [2.24, 2.45) is 0 Å². The Morgan fingerprint density at radius 2 is 1.58 bits per heavy atom. The summed E-state index contributed by atoms with van der Waals surface area (Å²) in [6.45, 7) is 6.15. The summed E-state index contributed by atoms with van der Waals surface area (Å²) in [5.41, 5.74) is 0.948. The van der Waals surface area contributed by atoms with Gasteiger partial charge in [0.25, 0.3) is 0 Å². The lowest BCUT2D eigenvalue weighted by atomic mass is 10.1. The number of hydrogen-bond acceptors (Lipinski definition) is 3. The molecule has 2 aromatic carbocycles. The van der Waals surface area contributed by atoms with E-state index in [1.807, 2.05) is 57.2 Å². The Hall–Kier alpha value is -1.69. The maximum Gasteiger partial charge on any atom is 0.243 e. The van der Waals surface area contributed by atoms with Crippen molar-refractivity contribution in [3.05, 3.63) is 64.1 Å². The zero-order chi connectivity index (χ0) is 22.8. The molecule has 0 saturated carbocycles. The fourth-order valence-electron chi connectivity index (χ4n) is 3.17. The van der Waals surface area contributed by atoms with Crippen molar-refractivity contribution >= 4 is 46.8 Å². The van der Waals surface area contributed by atoms with Crippen LogP contribution in [0.15, 0.2) is 53.4 Å². The normalized spacial score (nSPS) is 11.9. The number of amides is 2. The fraction of sp³-hybridized carbons (Fsp3) is 0.417. The molecule has 1 N–H and O–H groups in total. The van der Waals surface area contributed by atoms with Crippen molar-refractivity contribution in [1.29, 1.82) is 0 Å². The molecule has 0 fully saturated rings. The van der Waals surface area contributed by atoms with E-state index in [0.29, 0.717) is 29.4 Å². The zero-order valence-corrected chi connectivity index (χ0v) is 20.6. The fourth-order valence-corrected chi connectivity index (χ4v) is 4.28. The summed E-state index contributed by atoms with van der Waals surface area (Å²) >= 11 is 13.6. The van der Waals surface area contributed by atoms with Gasteiger partial charge in [0, 0.05) is 33.9 Å². The van der Waals surface area contributed by atoms with Gasteiger partial charge in [-0.2, -0.15) is 0 Å². The topological polar surface area (TPSA) is 49.4 Å². The lowest BCUT2D eigenvalue weighted by molar-refractivity contribution is -0.141. The summed E-state index contributed by atoms with van der Waals surface area (Å²) in [4.78, 5) is 28.8. The van der Waals surface area contributed by atoms with Gasteiger partial charge in [0.15, 0.2) is 0 Å². The Kier molecular flexibility index (Phi) is 10.7. The SMILES string of the molecule is CC[C@H](C(=O)NC(C)C)N(Cc1ccc(Cl)cc1)C(=O)CCCSc1ccc(Cl)cc1. The monoisotopic (exact) mass is 480 g/mol. The average molecular weight is 481 g/mol. The maximum atomic E-state index is 13.2. The molecule has 0 unspecified atom stereocenters. The third-order valence-electron chi connectivity index (χ3n) is 4.70. The first kappa shape index (κ1) is 25.6. The smallest absolute Gasteiger partial charge is 0.243 e. The summed E-state index contributed by atoms with van der Waals surface area (Å²) in [5.74, 6) is 0.685. The third-order valence-corrected chi connectivity index (χ3v) is 6.30. The molecule has 0 aliphatic rings. The van der Waals surface area contributed by atoms with Crippen LogP contribution in [-0.2, 0) is 16.1 Å². The highest BCUT2D eigenvalue weighted by atomic mass is 35.5. The first-order valence-corrected chi connectivity index (χ1v) is 12.3. The second-order valence-electron chi connectivity index (χ2n) is 7.64. The molecule has 0 spiro atoms. The van der Waals surface area contributed by atoms with Crippen molar-refractivity contribution in [2.45, 2.75) is 63.6 Å². The number of nitrogens with zero attached hydrogens (tertiary/aromatic N) is 1. The Labute approximate surface area is 199 Å². The minimum atomic E-state index is -0.505. The van der Waals surface area contributed by atoms with Crippen LogP contribution in [0.5, 0.6) is 0 Å². The van der Waals surface area contributed by atoms with Crippen molar-refractivity contribution < 1.29 is 9.59 Å². The van der Waals surface area contributed by atoms with Gasteiger partial charge in [-0.3, -0.25) is 9.59 Å². The van der Waals surface area contributed by atoms with Crippen molar-refractivity contribution in [1.82, 2.24) is 10.2 Å². The van der Waals surface area contributed by atoms with E-state index in [-0.39, 0.29) is 17.9 Å². The molecule has 0 radical (unpaired) electrons. The molecule has 31 heavy (non-hydrogen) atoms.